The van der Waals surface area contributed by atoms with Crippen LogP contribution in [-0.2, 0) is 4.79 Å². The summed E-state index contributed by atoms with van der Waals surface area (Å²) in [5.74, 6) is 0.365. The Labute approximate surface area is 174 Å². The van der Waals surface area contributed by atoms with Gasteiger partial charge in [0, 0.05) is 21.7 Å². The second-order valence-corrected chi connectivity index (χ2v) is 6.53. The second kappa shape index (κ2) is 9.22. The molecule has 0 aliphatic heterocycles. The first kappa shape index (κ1) is 20.4. The number of nitrogens with one attached hydrogen (secondary N) is 1. The van der Waals surface area contributed by atoms with Gasteiger partial charge in [0.2, 0.25) is 0 Å². The number of furan rings is 1. The topological polar surface area (TPSA) is 107 Å². The zero-order valence-electron chi connectivity index (χ0n) is 14.7. The number of nitro groups is 1. The minimum Gasteiger partial charge on any atom is -0.477 e. The second-order valence-electron chi connectivity index (χ2n) is 5.66. The highest BCUT2D eigenvalue weighted by Crippen LogP contribution is 2.29. The Morgan fingerprint density at radius 2 is 1.86 bits per heavy atom. The van der Waals surface area contributed by atoms with Crippen LogP contribution in [-0.4, -0.2) is 23.7 Å². The number of nitro benzene ring substituents is 1. The predicted octanol–water partition coefficient (Wildman–Crippen LogP) is 4.69. The first-order valence-corrected chi connectivity index (χ1v) is 8.92. The smallest absolute Gasteiger partial charge is 0.312 e. The van der Waals surface area contributed by atoms with Crippen molar-refractivity contribution in [3.8, 4) is 17.1 Å². The molecule has 10 heteroatoms. The van der Waals surface area contributed by atoms with E-state index in [1.807, 2.05) is 12.1 Å². The average molecular weight is 434 g/mol. The molecular weight excluding hydrogens is 421 g/mol. The minimum absolute atomic E-state index is 0.0721. The molecule has 3 rings (SSSR count). The van der Waals surface area contributed by atoms with Crippen molar-refractivity contribution >= 4 is 41.0 Å². The summed E-state index contributed by atoms with van der Waals surface area (Å²) < 4.78 is 10.8. The number of hydrazone groups is 1. The summed E-state index contributed by atoms with van der Waals surface area (Å²) in [7, 11) is 0. The summed E-state index contributed by atoms with van der Waals surface area (Å²) in [5.41, 5.74) is 2.76. The molecule has 8 nitrogen and oxygen atoms in total. The minimum atomic E-state index is -0.646. The summed E-state index contributed by atoms with van der Waals surface area (Å²) >= 11 is 11.6. The number of hydrogen-bond donors (Lipinski definition) is 1. The van der Waals surface area contributed by atoms with Crippen LogP contribution in [0.5, 0.6) is 5.75 Å². The van der Waals surface area contributed by atoms with E-state index in [1.165, 1.54) is 18.3 Å². The van der Waals surface area contributed by atoms with E-state index in [1.54, 1.807) is 24.3 Å². The number of benzene rings is 2. The lowest BCUT2D eigenvalue weighted by molar-refractivity contribution is -0.385. The molecule has 0 fully saturated rings. The molecule has 0 saturated carbocycles. The molecule has 0 radical (unpaired) electrons. The average Bonchev–Trinajstić information content (AvgIpc) is 3.16. The van der Waals surface area contributed by atoms with Gasteiger partial charge >= 0.3 is 5.69 Å². The monoisotopic (exact) mass is 433 g/mol. The van der Waals surface area contributed by atoms with Gasteiger partial charge in [-0.15, -0.1) is 0 Å². The fourth-order valence-corrected chi connectivity index (χ4v) is 2.58. The van der Waals surface area contributed by atoms with Gasteiger partial charge in [-0.05, 0) is 48.5 Å². The molecule has 1 aromatic heterocycles. The third kappa shape index (κ3) is 5.56. The van der Waals surface area contributed by atoms with Gasteiger partial charge in [-0.1, -0.05) is 23.2 Å². The molecule has 148 valence electrons. The van der Waals surface area contributed by atoms with Crippen molar-refractivity contribution < 1.29 is 18.9 Å². The van der Waals surface area contributed by atoms with Gasteiger partial charge in [0.1, 0.15) is 11.5 Å². The van der Waals surface area contributed by atoms with E-state index in [0.717, 1.165) is 11.6 Å². The third-order valence-corrected chi connectivity index (χ3v) is 4.10. The van der Waals surface area contributed by atoms with Gasteiger partial charge in [-0.2, -0.15) is 5.10 Å². The van der Waals surface area contributed by atoms with E-state index >= 15 is 0 Å². The largest absolute Gasteiger partial charge is 0.477 e. The van der Waals surface area contributed by atoms with Crippen molar-refractivity contribution in [1.29, 1.82) is 0 Å². The van der Waals surface area contributed by atoms with Crippen LogP contribution in [0.3, 0.4) is 0 Å². The molecule has 2 aromatic carbocycles. The van der Waals surface area contributed by atoms with Gasteiger partial charge in [0.25, 0.3) is 5.91 Å². The van der Waals surface area contributed by atoms with Crippen molar-refractivity contribution in [2.45, 2.75) is 0 Å². The van der Waals surface area contributed by atoms with Crippen molar-refractivity contribution in [3.63, 3.8) is 0 Å². The summed E-state index contributed by atoms with van der Waals surface area (Å²) in [6.07, 6.45) is 1.32. The van der Waals surface area contributed by atoms with E-state index in [9.17, 15) is 14.9 Å². The standard InChI is InChI=1S/C19H13Cl2N3O5/c20-13-3-1-12(2-4-13)17-8-6-15(29-17)10-22-23-19(25)11-28-18-7-5-14(21)9-16(18)24(26)27/h1-10H,11H2,(H,23,25)/b22-10+. The van der Waals surface area contributed by atoms with E-state index < -0.39 is 17.4 Å². The van der Waals surface area contributed by atoms with Crippen LogP contribution in [0.15, 0.2) is 64.1 Å². The van der Waals surface area contributed by atoms with Gasteiger partial charge < -0.3 is 9.15 Å². The number of rotatable bonds is 7. The molecule has 1 amide bonds. The number of hydrogen-bond acceptors (Lipinski definition) is 6. The van der Waals surface area contributed by atoms with Crippen LogP contribution in [0.4, 0.5) is 5.69 Å². The van der Waals surface area contributed by atoms with E-state index in [-0.39, 0.29) is 16.5 Å². The molecule has 29 heavy (non-hydrogen) atoms. The zero-order valence-corrected chi connectivity index (χ0v) is 16.2. The van der Waals surface area contributed by atoms with Crippen molar-refractivity contribution in [3.05, 3.63) is 80.5 Å². The highest BCUT2D eigenvalue weighted by Gasteiger charge is 2.16. The van der Waals surface area contributed by atoms with Gasteiger partial charge in [0.15, 0.2) is 12.4 Å². The number of carbonyl (C=O) groups is 1. The Hall–Kier alpha value is -3.36. The van der Waals surface area contributed by atoms with Gasteiger partial charge in [-0.25, -0.2) is 5.43 Å². The van der Waals surface area contributed by atoms with Crippen molar-refractivity contribution in [2.75, 3.05) is 6.61 Å². The van der Waals surface area contributed by atoms with Gasteiger partial charge in [0.05, 0.1) is 11.1 Å². The summed E-state index contributed by atoms with van der Waals surface area (Å²) in [4.78, 5) is 22.2. The highest BCUT2D eigenvalue weighted by atomic mass is 35.5. The molecule has 0 bridgehead atoms. The van der Waals surface area contributed by atoms with Crippen LogP contribution in [0, 0.1) is 10.1 Å². The Bertz CT molecular complexity index is 1060. The predicted molar refractivity (Wildman–Crippen MR) is 108 cm³/mol. The number of ether oxygens (including phenoxy) is 1. The molecule has 0 saturated heterocycles. The first-order valence-electron chi connectivity index (χ1n) is 8.17. The maximum absolute atomic E-state index is 11.8. The normalized spacial score (nSPS) is 10.8. The maximum atomic E-state index is 11.8. The number of carbonyl (C=O) groups excluding carboxylic acids is 1. The fraction of sp³-hybridized carbons (Fsp3) is 0.0526. The van der Waals surface area contributed by atoms with Crippen LogP contribution in [0.25, 0.3) is 11.3 Å². The third-order valence-electron chi connectivity index (χ3n) is 3.61. The SMILES string of the molecule is O=C(COc1ccc(Cl)cc1[N+](=O)[O-])N/N=C/c1ccc(-c2ccc(Cl)cc2)o1. The van der Waals surface area contributed by atoms with Gasteiger partial charge in [-0.3, -0.25) is 14.9 Å². The maximum Gasteiger partial charge on any atom is 0.312 e. The molecule has 0 spiro atoms. The zero-order chi connectivity index (χ0) is 20.8. The number of amides is 1. The Morgan fingerprint density at radius 3 is 2.59 bits per heavy atom. The van der Waals surface area contributed by atoms with Crippen LogP contribution in [0.1, 0.15) is 5.76 Å². The van der Waals surface area contributed by atoms with E-state index in [4.69, 9.17) is 32.4 Å². The molecule has 0 unspecified atom stereocenters. The lowest BCUT2D eigenvalue weighted by Crippen LogP contribution is -2.24. The number of halogens is 2. The van der Waals surface area contributed by atoms with Crippen LogP contribution in [0.2, 0.25) is 10.0 Å². The van der Waals surface area contributed by atoms with E-state index in [2.05, 4.69) is 10.5 Å². The summed E-state index contributed by atoms with van der Waals surface area (Å²) in [6, 6.07) is 14.5. The highest BCUT2D eigenvalue weighted by molar-refractivity contribution is 6.31. The quantitative estimate of drug-likeness (QED) is 0.330. The lowest BCUT2D eigenvalue weighted by Gasteiger charge is -2.05. The first-order chi connectivity index (χ1) is 13.9. The molecule has 0 aliphatic rings. The van der Waals surface area contributed by atoms with Crippen molar-refractivity contribution in [2.24, 2.45) is 5.10 Å². The number of nitrogens with zero attached hydrogens (tertiary/aromatic N) is 2. The molecular formula is C19H13Cl2N3O5. The fourth-order valence-electron chi connectivity index (χ4n) is 2.29. The van der Waals surface area contributed by atoms with Crippen LogP contribution < -0.4 is 10.2 Å². The lowest BCUT2D eigenvalue weighted by atomic mass is 10.2. The summed E-state index contributed by atoms with van der Waals surface area (Å²) in [6.45, 7) is -0.464. The Balaban J connectivity index is 1.54. The van der Waals surface area contributed by atoms with E-state index in [0.29, 0.717) is 16.5 Å². The van der Waals surface area contributed by atoms with Crippen LogP contribution >= 0.6 is 23.2 Å². The molecule has 1 N–H and O–H groups in total. The Morgan fingerprint density at radius 1 is 1.14 bits per heavy atom. The molecule has 3 aromatic rings. The molecule has 0 aliphatic carbocycles. The summed E-state index contributed by atoms with van der Waals surface area (Å²) in [5, 5.41) is 15.6. The molecule has 0 atom stereocenters. The Kier molecular flexibility index (Phi) is 6.48. The molecule has 1 heterocycles. The van der Waals surface area contributed by atoms with Crippen molar-refractivity contribution in [1.82, 2.24) is 5.43 Å².